The summed E-state index contributed by atoms with van der Waals surface area (Å²) in [6.07, 6.45) is -0.121. The summed E-state index contributed by atoms with van der Waals surface area (Å²) in [5.41, 5.74) is 0.354. The fraction of sp³-hybridized carbons (Fsp3) is 0.222. The van der Waals surface area contributed by atoms with Gasteiger partial charge in [-0.1, -0.05) is 18.2 Å². The molecule has 0 N–H and O–H groups in total. The van der Waals surface area contributed by atoms with Gasteiger partial charge in [-0.2, -0.15) is 8.78 Å². The highest BCUT2D eigenvalue weighted by Crippen LogP contribution is 2.21. The number of carbonyl (C=O) groups is 1. The van der Waals surface area contributed by atoms with E-state index >= 15 is 0 Å². The topological polar surface area (TPSA) is 26.3 Å². The van der Waals surface area contributed by atoms with Crippen molar-refractivity contribution >= 4 is 16.8 Å². The predicted octanol–water partition coefficient (Wildman–Crippen LogP) is 2.60. The van der Waals surface area contributed by atoms with Gasteiger partial charge in [-0.05, 0) is 17.7 Å². The number of ether oxygens (including phenoxy) is 1. The number of carbonyl (C=O) groups excluding carboxylic acids is 1. The molecule has 0 heterocycles. The first-order valence-electron chi connectivity index (χ1n) is 3.80. The SMILES string of the molecule is O=C(Cl)Cc1ccccc1OC(F)F. The highest BCUT2D eigenvalue weighted by molar-refractivity contribution is 6.63. The molecule has 1 rings (SSSR count). The molecule has 0 aliphatic heterocycles. The van der Waals surface area contributed by atoms with Crippen LogP contribution in [0, 0.1) is 0 Å². The predicted molar refractivity (Wildman–Crippen MR) is 47.6 cm³/mol. The number of halogens is 3. The second-order valence-corrected chi connectivity index (χ2v) is 2.94. The summed E-state index contributed by atoms with van der Waals surface area (Å²) in [5.74, 6) is -0.0171. The van der Waals surface area contributed by atoms with Gasteiger partial charge in [-0.3, -0.25) is 4.79 Å². The van der Waals surface area contributed by atoms with Crippen molar-refractivity contribution in [1.29, 1.82) is 0 Å². The highest BCUT2D eigenvalue weighted by atomic mass is 35.5. The number of benzene rings is 1. The fourth-order valence-corrected chi connectivity index (χ4v) is 1.15. The number of hydrogen-bond donors (Lipinski definition) is 0. The van der Waals surface area contributed by atoms with Crippen LogP contribution < -0.4 is 4.74 Å². The lowest BCUT2D eigenvalue weighted by Gasteiger charge is -2.08. The van der Waals surface area contributed by atoms with Crippen molar-refractivity contribution in [2.45, 2.75) is 13.0 Å². The van der Waals surface area contributed by atoms with Gasteiger partial charge in [0.2, 0.25) is 5.24 Å². The zero-order valence-electron chi connectivity index (χ0n) is 7.04. The third kappa shape index (κ3) is 3.30. The van der Waals surface area contributed by atoms with E-state index in [9.17, 15) is 13.6 Å². The minimum absolute atomic E-state index is 0.0171. The Labute approximate surface area is 84.4 Å². The summed E-state index contributed by atoms with van der Waals surface area (Å²) in [4.78, 5) is 10.6. The van der Waals surface area contributed by atoms with E-state index in [4.69, 9.17) is 11.6 Å². The normalized spacial score (nSPS) is 10.3. The quantitative estimate of drug-likeness (QED) is 0.729. The van der Waals surface area contributed by atoms with E-state index in [-0.39, 0.29) is 12.2 Å². The molecular weight excluding hydrogens is 214 g/mol. The Morgan fingerprint density at radius 1 is 1.43 bits per heavy atom. The molecule has 0 aromatic heterocycles. The lowest BCUT2D eigenvalue weighted by atomic mass is 10.1. The Morgan fingerprint density at radius 2 is 2.07 bits per heavy atom. The van der Waals surface area contributed by atoms with E-state index in [1.54, 1.807) is 12.1 Å². The van der Waals surface area contributed by atoms with Gasteiger partial charge < -0.3 is 4.74 Å². The molecule has 76 valence electrons. The van der Waals surface area contributed by atoms with Crippen LogP contribution in [0.25, 0.3) is 0 Å². The third-order valence-corrected chi connectivity index (χ3v) is 1.65. The molecule has 0 amide bonds. The van der Waals surface area contributed by atoms with Gasteiger partial charge in [-0.25, -0.2) is 0 Å². The fourth-order valence-electron chi connectivity index (χ4n) is 1.01. The maximum Gasteiger partial charge on any atom is 0.387 e. The standard InChI is InChI=1S/C9H7ClF2O2/c10-8(13)5-6-3-1-2-4-7(6)14-9(11)12/h1-4,9H,5H2. The number of alkyl halides is 2. The molecule has 0 radical (unpaired) electrons. The van der Waals surface area contributed by atoms with Crippen molar-refractivity contribution < 1.29 is 18.3 Å². The molecule has 0 bridgehead atoms. The van der Waals surface area contributed by atoms with Crippen LogP contribution in [0.3, 0.4) is 0 Å². The zero-order chi connectivity index (χ0) is 10.6. The highest BCUT2D eigenvalue weighted by Gasteiger charge is 2.10. The van der Waals surface area contributed by atoms with Crippen molar-refractivity contribution in [1.82, 2.24) is 0 Å². The van der Waals surface area contributed by atoms with Crippen LogP contribution in [0.5, 0.6) is 5.75 Å². The monoisotopic (exact) mass is 220 g/mol. The molecule has 0 atom stereocenters. The van der Waals surface area contributed by atoms with Gasteiger partial charge in [0.05, 0.1) is 6.42 Å². The summed E-state index contributed by atoms with van der Waals surface area (Å²) in [7, 11) is 0. The molecule has 0 saturated carbocycles. The average molecular weight is 221 g/mol. The molecule has 2 nitrogen and oxygen atoms in total. The smallest absolute Gasteiger partial charge is 0.387 e. The van der Waals surface area contributed by atoms with E-state index in [1.165, 1.54) is 12.1 Å². The number of rotatable bonds is 4. The van der Waals surface area contributed by atoms with E-state index in [2.05, 4.69) is 4.74 Å². The Morgan fingerprint density at radius 3 is 2.64 bits per heavy atom. The molecule has 0 aliphatic rings. The summed E-state index contributed by atoms with van der Waals surface area (Å²) in [6.45, 7) is -2.90. The van der Waals surface area contributed by atoms with Gasteiger partial charge in [0, 0.05) is 5.56 Å². The molecule has 1 aromatic rings. The van der Waals surface area contributed by atoms with Crippen molar-refractivity contribution in [2.24, 2.45) is 0 Å². The van der Waals surface area contributed by atoms with Crippen LogP contribution in [0.4, 0.5) is 8.78 Å². The molecule has 0 saturated heterocycles. The molecular formula is C9H7ClF2O2. The second kappa shape index (κ2) is 4.91. The minimum Gasteiger partial charge on any atom is -0.435 e. The number of hydrogen-bond acceptors (Lipinski definition) is 2. The van der Waals surface area contributed by atoms with Crippen LogP contribution in [0.15, 0.2) is 24.3 Å². The zero-order valence-corrected chi connectivity index (χ0v) is 7.80. The van der Waals surface area contributed by atoms with Crippen molar-refractivity contribution in [3.05, 3.63) is 29.8 Å². The average Bonchev–Trinajstić information content (AvgIpc) is 2.06. The van der Waals surface area contributed by atoms with Gasteiger partial charge in [0.25, 0.3) is 0 Å². The van der Waals surface area contributed by atoms with Crippen LogP contribution >= 0.6 is 11.6 Å². The molecule has 0 unspecified atom stereocenters. The largest absolute Gasteiger partial charge is 0.435 e. The van der Waals surface area contributed by atoms with Crippen molar-refractivity contribution in [2.75, 3.05) is 0 Å². The van der Waals surface area contributed by atoms with Crippen LogP contribution in [0.1, 0.15) is 5.56 Å². The van der Waals surface area contributed by atoms with E-state index in [0.29, 0.717) is 5.56 Å². The molecule has 1 aromatic carbocycles. The molecule has 0 spiro atoms. The lowest BCUT2D eigenvalue weighted by molar-refractivity contribution is -0.111. The first-order valence-corrected chi connectivity index (χ1v) is 4.18. The molecule has 0 aliphatic carbocycles. The maximum absolute atomic E-state index is 11.9. The summed E-state index contributed by atoms with van der Waals surface area (Å²) in [5, 5.41) is -0.615. The minimum atomic E-state index is -2.90. The van der Waals surface area contributed by atoms with Gasteiger partial charge in [0.15, 0.2) is 0 Å². The van der Waals surface area contributed by atoms with Crippen LogP contribution in [-0.4, -0.2) is 11.9 Å². The van der Waals surface area contributed by atoms with Crippen molar-refractivity contribution in [3.63, 3.8) is 0 Å². The lowest BCUT2D eigenvalue weighted by Crippen LogP contribution is -2.05. The molecule has 14 heavy (non-hydrogen) atoms. The Bertz CT molecular complexity index is 328. The van der Waals surface area contributed by atoms with Gasteiger partial charge in [0.1, 0.15) is 5.75 Å². The third-order valence-electron chi connectivity index (χ3n) is 1.52. The van der Waals surface area contributed by atoms with Crippen molar-refractivity contribution in [3.8, 4) is 5.75 Å². The van der Waals surface area contributed by atoms with Gasteiger partial charge >= 0.3 is 6.61 Å². The first-order chi connectivity index (χ1) is 6.59. The Balaban J connectivity index is 2.85. The summed E-state index contributed by atoms with van der Waals surface area (Å²) >= 11 is 5.14. The van der Waals surface area contributed by atoms with Crippen LogP contribution in [0.2, 0.25) is 0 Å². The first kappa shape index (κ1) is 10.9. The maximum atomic E-state index is 11.9. The van der Waals surface area contributed by atoms with E-state index in [0.717, 1.165) is 0 Å². The van der Waals surface area contributed by atoms with Crippen LogP contribution in [-0.2, 0) is 11.2 Å². The number of para-hydroxylation sites is 1. The second-order valence-electron chi connectivity index (χ2n) is 2.52. The Hall–Kier alpha value is -1.16. The summed E-state index contributed by atoms with van der Waals surface area (Å²) in [6, 6.07) is 6.03. The molecule has 5 heteroatoms. The van der Waals surface area contributed by atoms with E-state index < -0.39 is 11.9 Å². The Kier molecular flexibility index (Phi) is 3.83. The molecule has 0 fully saturated rings. The summed E-state index contributed by atoms with van der Waals surface area (Å²) < 4.78 is 28.0. The van der Waals surface area contributed by atoms with Gasteiger partial charge in [-0.15, -0.1) is 0 Å². The van der Waals surface area contributed by atoms with E-state index in [1.807, 2.05) is 0 Å².